The van der Waals surface area contributed by atoms with E-state index in [2.05, 4.69) is 21.7 Å². The lowest BCUT2D eigenvalue weighted by Gasteiger charge is -2.37. The van der Waals surface area contributed by atoms with E-state index in [9.17, 15) is 15.0 Å². The molecule has 0 spiro atoms. The highest BCUT2D eigenvalue weighted by Crippen LogP contribution is 2.37. The Bertz CT molecular complexity index is 1030. The molecule has 1 aliphatic carbocycles. The molecule has 1 unspecified atom stereocenters. The Morgan fingerprint density at radius 2 is 1.54 bits per heavy atom. The van der Waals surface area contributed by atoms with Gasteiger partial charge in [0.1, 0.15) is 11.9 Å². The minimum atomic E-state index is -0.466. The van der Waals surface area contributed by atoms with Gasteiger partial charge in [0.05, 0.1) is 6.54 Å². The molecular formula is C31H46N4O4. The fourth-order valence-electron chi connectivity index (χ4n) is 5.67. The van der Waals surface area contributed by atoms with Crippen molar-refractivity contribution in [3.8, 4) is 11.8 Å². The van der Waals surface area contributed by atoms with Crippen LogP contribution in [-0.4, -0.2) is 69.5 Å². The molecule has 2 N–H and O–H groups in total. The number of rotatable bonds is 15. The molecule has 1 atom stereocenters. The lowest BCUT2D eigenvalue weighted by molar-refractivity contribution is -0.151. The van der Waals surface area contributed by atoms with Gasteiger partial charge in [-0.15, -0.1) is 0 Å². The van der Waals surface area contributed by atoms with Gasteiger partial charge in [-0.25, -0.2) is 4.98 Å². The van der Waals surface area contributed by atoms with Gasteiger partial charge in [-0.2, -0.15) is 0 Å². The fraction of sp³-hybridized carbons (Fsp3) is 0.613. The fourth-order valence-corrected chi connectivity index (χ4v) is 5.67. The van der Waals surface area contributed by atoms with Crippen LogP contribution < -0.4 is 4.90 Å². The number of anilines is 1. The maximum Gasteiger partial charge on any atom is 0.306 e. The highest BCUT2D eigenvalue weighted by atomic mass is 16.5. The zero-order chi connectivity index (χ0) is 27.5. The van der Waals surface area contributed by atoms with E-state index in [4.69, 9.17) is 4.74 Å². The van der Waals surface area contributed by atoms with E-state index in [1.54, 1.807) is 0 Å². The molecule has 8 nitrogen and oxygen atoms in total. The van der Waals surface area contributed by atoms with E-state index in [1.807, 2.05) is 36.5 Å². The number of carbonyl (C=O) groups is 1. The highest BCUT2D eigenvalue weighted by Gasteiger charge is 2.28. The molecule has 8 heteroatoms. The van der Waals surface area contributed by atoms with E-state index >= 15 is 0 Å². The van der Waals surface area contributed by atoms with Gasteiger partial charge in [0.15, 0.2) is 11.8 Å². The molecule has 0 radical (unpaired) electrons. The predicted octanol–water partition coefficient (Wildman–Crippen LogP) is 5.21. The summed E-state index contributed by atoms with van der Waals surface area (Å²) in [6.45, 7) is 6.35. The van der Waals surface area contributed by atoms with Crippen molar-refractivity contribution in [2.75, 3.05) is 37.6 Å². The van der Waals surface area contributed by atoms with Crippen LogP contribution in [0.4, 0.5) is 5.82 Å². The minimum Gasteiger partial charge on any atom is -0.494 e. The van der Waals surface area contributed by atoms with Gasteiger partial charge in [-0.3, -0.25) is 14.3 Å². The topological polar surface area (TPSA) is 91.1 Å². The molecule has 4 rings (SSSR count). The van der Waals surface area contributed by atoms with Crippen molar-refractivity contribution in [3.05, 3.63) is 47.7 Å². The van der Waals surface area contributed by atoms with Crippen molar-refractivity contribution in [2.45, 2.75) is 90.2 Å². The van der Waals surface area contributed by atoms with Gasteiger partial charge >= 0.3 is 5.97 Å². The van der Waals surface area contributed by atoms with Gasteiger partial charge in [0.2, 0.25) is 0 Å². The first-order chi connectivity index (χ1) is 19.1. The molecule has 1 saturated heterocycles. The Hall–Kier alpha value is -3.00. The van der Waals surface area contributed by atoms with E-state index < -0.39 is 6.10 Å². The normalized spacial score (nSPS) is 16.3. The SMILES string of the molecule is CCCCCCCCCCC(=O)OC(CN1CCN(c2ccccn2)CC1)Cn1c(O)c2c(c1O)CC=CC2. The molecule has 1 fully saturated rings. The first-order valence-corrected chi connectivity index (χ1v) is 14.9. The highest BCUT2D eigenvalue weighted by molar-refractivity contribution is 5.69. The van der Waals surface area contributed by atoms with Crippen molar-refractivity contribution in [1.29, 1.82) is 0 Å². The number of aromatic nitrogens is 2. The maximum atomic E-state index is 12.9. The number of ether oxygens (including phenoxy) is 1. The summed E-state index contributed by atoms with van der Waals surface area (Å²) in [5.41, 5.74) is 1.53. The monoisotopic (exact) mass is 538 g/mol. The number of hydrogen-bond donors (Lipinski definition) is 2. The second kappa shape index (κ2) is 15.0. The number of piperazine rings is 1. The first-order valence-electron chi connectivity index (χ1n) is 14.9. The predicted molar refractivity (Wildman–Crippen MR) is 154 cm³/mol. The molecule has 39 heavy (non-hydrogen) atoms. The van der Waals surface area contributed by atoms with Crippen molar-refractivity contribution in [3.63, 3.8) is 0 Å². The third-order valence-corrected chi connectivity index (χ3v) is 7.95. The van der Waals surface area contributed by atoms with Gasteiger partial charge in [-0.1, -0.05) is 70.1 Å². The summed E-state index contributed by atoms with van der Waals surface area (Å²) in [5, 5.41) is 21.8. The van der Waals surface area contributed by atoms with Crippen LogP contribution in [0.2, 0.25) is 0 Å². The maximum absolute atomic E-state index is 12.9. The van der Waals surface area contributed by atoms with Crippen LogP contribution >= 0.6 is 0 Å². The summed E-state index contributed by atoms with van der Waals surface area (Å²) in [7, 11) is 0. The number of hydrogen-bond acceptors (Lipinski definition) is 7. The van der Waals surface area contributed by atoms with Crippen molar-refractivity contribution >= 4 is 11.8 Å². The van der Waals surface area contributed by atoms with E-state index in [1.165, 1.54) is 36.7 Å². The van der Waals surface area contributed by atoms with Crippen molar-refractivity contribution < 1.29 is 19.7 Å². The Morgan fingerprint density at radius 3 is 2.15 bits per heavy atom. The number of unbranched alkanes of at least 4 members (excludes halogenated alkanes) is 7. The molecule has 0 bridgehead atoms. The zero-order valence-electron chi connectivity index (χ0n) is 23.6. The van der Waals surface area contributed by atoms with Gasteiger partial charge in [0, 0.05) is 56.5 Å². The largest absolute Gasteiger partial charge is 0.494 e. The number of allylic oxidation sites excluding steroid dienone is 2. The van der Waals surface area contributed by atoms with Crippen molar-refractivity contribution in [1.82, 2.24) is 14.5 Å². The zero-order valence-corrected chi connectivity index (χ0v) is 23.6. The van der Waals surface area contributed by atoms with Crippen LogP contribution in [0.1, 0.15) is 75.8 Å². The lowest BCUT2D eigenvalue weighted by atomic mass is 10.0. The Labute approximate surface area is 233 Å². The molecule has 0 saturated carbocycles. The Kier molecular flexibility index (Phi) is 11.1. The van der Waals surface area contributed by atoms with Gasteiger partial charge in [-0.05, 0) is 31.4 Å². The van der Waals surface area contributed by atoms with Crippen molar-refractivity contribution in [2.24, 2.45) is 0 Å². The molecule has 0 amide bonds. The number of nitrogens with zero attached hydrogens (tertiary/aromatic N) is 4. The summed E-state index contributed by atoms with van der Waals surface area (Å²) in [5.74, 6) is 0.939. The third kappa shape index (κ3) is 8.24. The quantitative estimate of drug-likeness (QED) is 0.183. The number of esters is 1. The molecule has 214 valence electrons. The summed E-state index contributed by atoms with van der Waals surface area (Å²) >= 11 is 0. The molecule has 3 heterocycles. The number of aromatic hydroxyl groups is 2. The first kappa shape index (κ1) is 29.0. The Morgan fingerprint density at radius 1 is 0.897 bits per heavy atom. The van der Waals surface area contributed by atoms with Crippen LogP contribution in [0.15, 0.2) is 36.5 Å². The molecule has 2 aliphatic rings. The molecular weight excluding hydrogens is 492 g/mol. The Balaban J connectivity index is 1.33. The number of carbonyl (C=O) groups excluding carboxylic acids is 1. The number of pyridine rings is 1. The summed E-state index contributed by atoms with van der Waals surface area (Å²) in [4.78, 5) is 21.9. The van der Waals surface area contributed by atoms with Gasteiger partial charge < -0.3 is 19.8 Å². The smallest absolute Gasteiger partial charge is 0.306 e. The lowest BCUT2D eigenvalue weighted by Crippen LogP contribution is -2.49. The second-order valence-corrected chi connectivity index (χ2v) is 10.9. The van der Waals surface area contributed by atoms with E-state index in [0.29, 0.717) is 25.8 Å². The minimum absolute atomic E-state index is 0.0796. The van der Waals surface area contributed by atoms with E-state index in [-0.39, 0.29) is 24.3 Å². The van der Waals surface area contributed by atoms with Crippen LogP contribution in [-0.2, 0) is 28.9 Å². The summed E-state index contributed by atoms with van der Waals surface area (Å²) in [6, 6.07) is 5.95. The number of fused-ring (bicyclic) bond motifs is 1. The summed E-state index contributed by atoms with van der Waals surface area (Å²) in [6.07, 6.45) is 16.4. The van der Waals surface area contributed by atoms with Crippen LogP contribution in [0.5, 0.6) is 11.8 Å². The molecule has 2 aromatic heterocycles. The van der Waals surface area contributed by atoms with Gasteiger partial charge in [0.25, 0.3) is 0 Å². The average Bonchev–Trinajstić information content (AvgIpc) is 3.20. The van der Waals surface area contributed by atoms with Crippen LogP contribution in [0, 0.1) is 0 Å². The molecule has 0 aromatic carbocycles. The van der Waals surface area contributed by atoms with E-state index in [0.717, 1.165) is 62.4 Å². The summed E-state index contributed by atoms with van der Waals surface area (Å²) < 4.78 is 7.53. The average molecular weight is 539 g/mol. The standard InChI is InChI=1S/C31H46N4O4/c1-2-3-4-5-6-7-8-9-17-29(36)39-25(24-35-30(37)26-14-10-11-15-27(26)31(35)38)23-33-19-21-34(22-20-33)28-16-12-13-18-32-28/h10-13,16,18,25,37-38H,2-9,14-15,17,19-24H2,1H3. The second-order valence-electron chi connectivity index (χ2n) is 10.9. The van der Waals surface area contributed by atoms with Crippen LogP contribution in [0.25, 0.3) is 0 Å². The van der Waals surface area contributed by atoms with Crippen LogP contribution in [0.3, 0.4) is 0 Å². The molecule has 1 aliphatic heterocycles. The molecule has 2 aromatic rings. The third-order valence-electron chi connectivity index (χ3n) is 7.95.